The summed E-state index contributed by atoms with van der Waals surface area (Å²) < 4.78 is 0. The van der Waals surface area contributed by atoms with Crippen LogP contribution in [0.1, 0.15) is 18.4 Å². The summed E-state index contributed by atoms with van der Waals surface area (Å²) in [5.41, 5.74) is 6.86. The van der Waals surface area contributed by atoms with Gasteiger partial charge in [0.05, 0.1) is 0 Å². The lowest BCUT2D eigenvalue weighted by Gasteiger charge is -2.18. The van der Waals surface area contributed by atoms with Crippen LogP contribution >= 0.6 is 0 Å². The number of carbonyl (C=O) groups excluding carboxylic acids is 1. The smallest absolute Gasteiger partial charge is 0.250 e. The summed E-state index contributed by atoms with van der Waals surface area (Å²) in [6.07, 6.45) is 1.38. The number of benzene rings is 1. The molecule has 2 rings (SSSR count). The van der Waals surface area contributed by atoms with E-state index in [1.165, 1.54) is 0 Å². The zero-order valence-corrected chi connectivity index (χ0v) is 9.67. The molecule has 4 N–H and O–H groups in total. The van der Waals surface area contributed by atoms with Crippen LogP contribution in [0, 0.1) is 0 Å². The number of hydrogen-bond acceptors (Lipinski definition) is 3. The van der Waals surface area contributed by atoms with Crippen LogP contribution in [-0.2, 0) is 11.2 Å². The average molecular weight is 234 g/mol. The van der Waals surface area contributed by atoms with Gasteiger partial charge in [0, 0.05) is 12.1 Å². The maximum Gasteiger partial charge on any atom is 0.250 e. The molecule has 1 saturated carbocycles. The molecule has 1 aliphatic carbocycles. The Balaban J connectivity index is 1.85. The highest BCUT2D eigenvalue weighted by Gasteiger charge is 2.29. The van der Waals surface area contributed by atoms with E-state index in [1.807, 2.05) is 30.3 Å². The Morgan fingerprint density at radius 3 is 2.65 bits per heavy atom. The minimum atomic E-state index is -1.13. The number of amides is 1. The Labute approximate surface area is 101 Å². The van der Waals surface area contributed by atoms with Crippen molar-refractivity contribution in [1.82, 2.24) is 5.32 Å². The first-order valence-corrected chi connectivity index (χ1v) is 5.95. The molecule has 1 amide bonds. The lowest BCUT2D eigenvalue weighted by Crippen LogP contribution is -2.48. The number of carbonyl (C=O) groups is 1. The molecule has 0 heterocycles. The minimum Gasteiger partial charge on any atom is -0.382 e. The highest BCUT2D eigenvalue weighted by Crippen LogP contribution is 2.18. The van der Waals surface area contributed by atoms with E-state index in [2.05, 4.69) is 5.32 Å². The third-order valence-corrected chi connectivity index (χ3v) is 2.91. The molecule has 0 aliphatic heterocycles. The molecule has 2 atom stereocenters. The van der Waals surface area contributed by atoms with Gasteiger partial charge in [0.2, 0.25) is 0 Å². The summed E-state index contributed by atoms with van der Waals surface area (Å²) in [5, 5.41) is 12.5. The average Bonchev–Trinajstić information content (AvgIpc) is 3.13. The molecule has 1 aromatic carbocycles. The molecule has 0 spiro atoms. The van der Waals surface area contributed by atoms with Crippen molar-refractivity contribution < 1.29 is 9.90 Å². The monoisotopic (exact) mass is 234 g/mol. The SMILES string of the molecule is N[C@@H](Cc1ccccc1)C(O)C(=O)NC1CC1. The highest BCUT2D eigenvalue weighted by atomic mass is 16.3. The van der Waals surface area contributed by atoms with Gasteiger partial charge in [-0.1, -0.05) is 30.3 Å². The van der Waals surface area contributed by atoms with Crippen LogP contribution in [0.4, 0.5) is 0 Å². The van der Waals surface area contributed by atoms with Crippen LogP contribution < -0.4 is 11.1 Å². The molecule has 0 radical (unpaired) electrons. The van der Waals surface area contributed by atoms with Crippen molar-refractivity contribution in [2.75, 3.05) is 0 Å². The molecule has 92 valence electrons. The lowest BCUT2D eigenvalue weighted by atomic mass is 10.0. The van der Waals surface area contributed by atoms with E-state index in [9.17, 15) is 9.90 Å². The van der Waals surface area contributed by atoms with E-state index in [0.29, 0.717) is 6.42 Å². The van der Waals surface area contributed by atoms with E-state index in [-0.39, 0.29) is 11.9 Å². The van der Waals surface area contributed by atoms with E-state index in [1.54, 1.807) is 0 Å². The van der Waals surface area contributed by atoms with Gasteiger partial charge >= 0.3 is 0 Å². The number of aliphatic hydroxyl groups is 1. The number of aliphatic hydroxyl groups excluding tert-OH is 1. The second-order valence-corrected chi connectivity index (χ2v) is 4.58. The first-order chi connectivity index (χ1) is 8.16. The molecule has 0 bridgehead atoms. The van der Waals surface area contributed by atoms with Crippen LogP contribution in [0.2, 0.25) is 0 Å². The Bertz CT molecular complexity index is 376. The third kappa shape index (κ3) is 3.54. The fourth-order valence-corrected chi connectivity index (χ4v) is 1.71. The molecular formula is C13H18N2O2. The highest BCUT2D eigenvalue weighted by molar-refractivity contribution is 5.81. The minimum absolute atomic E-state index is 0.251. The van der Waals surface area contributed by atoms with Crippen molar-refractivity contribution in [3.63, 3.8) is 0 Å². The Morgan fingerprint density at radius 2 is 2.06 bits per heavy atom. The predicted molar refractivity (Wildman–Crippen MR) is 65.3 cm³/mol. The lowest BCUT2D eigenvalue weighted by molar-refractivity contribution is -0.130. The van der Waals surface area contributed by atoms with Crippen molar-refractivity contribution in [1.29, 1.82) is 0 Å². The Morgan fingerprint density at radius 1 is 1.41 bits per heavy atom. The molecule has 1 aromatic rings. The molecule has 4 heteroatoms. The number of nitrogens with one attached hydrogen (secondary N) is 1. The van der Waals surface area contributed by atoms with Gasteiger partial charge in [0.25, 0.3) is 5.91 Å². The van der Waals surface area contributed by atoms with Gasteiger partial charge in [0.1, 0.15) is 6.10 Å². The largest absolute Gasteiger partial charge is 0.382 e. The zero-order valence-electron chi connectivity index (χ0n) is 9.67. The van der Waals surface area contributed by atoms with Crippen molar-refractivity contribution in [2.45, 2.75) is 37.5 Å². The molecule has 0 saturated heterocycles. The second-order valence-electron chi connectivity index (χ2n) is 4.58. The maximum atomic E-state index is 11.6. The molecular weight excluding hydrogens is 216 g/mol. The van der Waals surface area contributed by atoms with Gasteiger partial charge in [-0.15, -0.1) is 0 Å². The third-order valence-electron chi connectivity index (χ3n) is 2.91. The molecule has 1 aliphatic rings. The summed E-state index contributed by atoms with van der Waals surface area (Å²) in [6.45, 7) is 0. The normalized spacial score (nSPS) is 18.5. The molecule has 17 heavy (non-hydrogen) atoms. The van der Waals surface area contributed by atoms with E-state index >= 15 is 0 Å². The second kappa shape index (κ2) is 5.29. The molecule has 1 fully saturated rings. The number of nitrogens with two attached hydrogens (primary N) is 1. The zero-order chi connectivity index (χ0) is 12.3. The van der Waals surface area contributed by atoms with Crippen molar-refractivity contribution in [3.05, 3.63) is 35.9 Å². The van der Waals surface area contributed by atoms with E-state index in [4.69, 9.17) is 5.73 Å². The summed E-state index contributed by atoms with van der Waals surface area (Å²) in [5.74, 6) is -0.351. The molecule has 0 aromatic heterocycles. The summed E-state index contributed by atoms with van der Waals surface area (Å²) >= 11 is 0. The van der Waals surface area contributed by atoms with Gasteiger partial charge in [0.15, 0.2) is 0 Å². The first kappa shape index (κ1) is 12.1. The van der Waals surface area contributed by atoms with Crippen molar-refractivity contribution in [2.24, 2.45) is 5.73 Å². The van der Waals surface area contributed by atoms with Crippen molar-refractivity contribution >= 4 is 5.91 Å². The predicted octanol–water partition coefficient (Wildman–Crippen LogP) is 0.196. The first-order valence-electron chi connectivity index (χ1n) is 5.95. The quantitative estimate of drug-likeness (QED) is 0.681. The summed E-state index contributed by atoms with van der Waals surface area (Å²) in [4.78, 5) is 11.6. The van der Waals surface area contributed by atoms with Crippen LogP contribution in [0.5, 0.6) is 0 Å². The summed E-state index contributed by atoms with van der Waals surface area (Å²) in [6, 6.07) is 9.32. The number of rotatable bonds is 5. The van der Waals surface area contributed by atoms with Gasteiger partial charge in [-0.2, -0.15) is 0 Å². The standard InChI is InChI=1S/C13H18N2O2/c14-11(8-9-4-2-1-3-5-9)12(16)13(17)15-10-6-7-10/h1-5,10-12,16H,6-8,14H2,(H,15,17)/t11-,12?/m0/s1. The van der Waals surface area contributed by atoms with Gasteiger partial charge in [-0.05, 0) is 24.8 Å². The molecule has 4 nitrogen and oxygen atoms in total. The fraction of sp³-hybridized carbons (Fsp3) is 0.462. The maximum absolute atomic E-state index is 11.6. The van der Waals surface area contributed by atoms with Gasteiger partial charge in [-0.25, -0.2) is 0 Å². The topological polar surface area (TPSA) is 75.3 Å². The van der Waals surface area contributed by atoms with Crippen LogP contribution in [0.25, 0.3) is 0 Å². The van der Waals surface area contributed by atoms with Gasteiger partial charge in [-0.3, -0.25) is 4.79 Å². The summed E-state index contributed by atoms with van der Waals surface area (Å²) in [7, 11) is 0. The van der Waals surface area contributed by atoms with Crippen LogP contribution in [0.15, 0.2) is 30.3 Å². The van der Waals surface area contributed by atoms with Crippen LogP contribution in [0.3, 0.4) is 0 Å². The van der Waals surface area contributed by atoms with Crippen molar-refractivity contribution in [3.8, 4) is 0 Å². The fourth-order valence-electron chi connectivity index (χ4n) is 1.71. The van der Waals surface area contributed by atoms with E-state index in [0.717, 1.165) is 18.4 Å². The number of hydrogen-bond donors (Lipinski definition) is 3. The van der Waals surface area contributed by atoms with Gasteiger partial charge < -0.3 is 16.2 Å². The van der Waals surface area contributed by atoms with Crippen LogP contribution in [-0.4, -0.2) is 29.2 Å². The Kier molecular flexibility index (Phi) is 3.76. The Hall–Kier alpha value is -1.39. The molecule has 1 unspecified atom stereocenters. The van der Waals surface area contributed by atoms with E-state index < -0.39 is 12.1 Å².